The molecule has 5 nitrogen and oxygen atoms in total. The molecule has 0 bridgehead atoms. The van der Waals surface area contributed by atoms with E-state index in [1.54, 1.807) is 36.4 Å². The number of carbonyl (C=O) groups excluding carboxylic acids is 1. The largest absolute Gasteiger partial charge is 0.508 e. The van der Waals surface area contributed by atoms with Crippen molar-refractivity contribution in [1.82, 2.24) is 0 Å². The van der Waals surface area contributed by atoms with Crippen molar-refractivity contribution < 1.29 is 25.2 Å². The monoisotopic (exact) mass is 967 g/mol. The molecule has 4 N–H and O–H groups in total. The van der Waals surface area contributed by atoms with Crippen molar-refractivity contribution in [3.8, 4) is 23.0 Å². The molecular formula is C65H106O5. The van der Waals surface area contributed by atoms with E-state index in [9.17, 15) is 15.3 Å². The number of benzene rings is 4. The smallest absolute Gasteiger partial charge is 0.121 e. The molecule has 0 unspecified atom stereocenters. The van der Waals surface area contributed by atoms with Gasteiger partial charge >= 0.3 is 0 Å². The van der Waals surface area contributed by atoms with Crippen LogP contribution >= 0.6 is 0 Å². The minimum absolute atomic E-state index is 0.159. The molecule has 0 spiro atoms. The topological polar surface area (TPSA) is 98.0 Å². The maximum absolute atomic E-state index is 10.5. The van der Waals surface area contributed by atoms with Gasteiger partial charge in [0, 0.05) is 0 Å². The normalized spacial score (nSPS) is 10.9. The molecule has 0 fully saturated rings. The van der Waals surface area contributed by atoms with Crippen LogP contribution in [0.25, 0.3) is 0 Å². The van der Waals surface area contributed by atoms with Gasteiger partial charge in [-0.2, -0.15) is 0 Å². The predicted molar refractivity (Wildman–Crippen MR) is 305 cm³/mol. The molecule has 70 heavy (non-hydrogen) atoms. The Bertz CT molecular complexity index is 1720. The summed E-state index contributed by atoms with van der Waals surface area (Å²) in [5.74, 6) is 1.73. The van der Waals surface area contributed by atoms with Gasteiger partial charge in [-0.15, -0.1) is 0 Å². The first-order valence-electron chi connectivity index (χ1n) is 28.1. The van der Waals surface area contributed by atoms with E-state index >= 15 is 0 Å². The molecule has 0 aromatic heterocycles. The van der Waals surface area contributed by atoms with Crippen molar-refractivity contribution in [2.75, 3.05) is 0 Å². The number of para-hydroxylation sites is 2. The molecule has 0 aliphatic carbocycles. The summed E-state index contributed by atoms with van der Waals surface area (Å²) in [5, 5.41) is 38.4. The quantitative estimate of drug-likeness (QED) is 0.0390. The zero-order valence-corrected chi connectivity index (χ0v) is 46.6. The van der Waals surface area contributed by atoms with Gasteiger partial charge in [0.1, 0.15) is 29.8 Å². The number of carbonyl (C=O) groups is 1. The first-order chi connectivity index (χ1) is 33.7. The molecule has 0 aliphatic rings. The summed E-state index contributed by atoms with van der Waals surface area (Å²) in [5.41, 5.74) is 6.64. The highest BCUT2D eigenvalue weighted by atomic mass is 16.3. The van der Waals surface area contributed by atoms with Crippen LogP contribution in [0.4, 0.5) is 0 Å². The molecule has 0 radical (unpaired) electrons. The van der Waals surface area contributed by atoms with E-state index in [0.29, 0.717) is 28.4 Å². The molecule has 396 valence electrons. The van der Waals surface area contributed by atoms with Crippen molar-refractivity contribution in [3.63, 3.8) is 0 Å². The SMILES string of the molecule is C=O.CC(C)(C)CC(C)(C)c1ccc(O)cc1.CCCCCCCCc1ccc(O)c(CCCCCCCC)c1.CCCCCCCCc1cccc(CCCCCCCC)c1O.Oc1ccccc1. The average molecular weight is 968 g/mol. The standard InChI is InChI=1S/2C22H38O.C14H22O.C6H6O.CH2O/c1-3-5-7-9-11-13-16-20-18-15-19-21(22(20)23)17-14-12-10-8-6-4-2;1-3-5-7-9-11-13-15-20-17-18-22(23)21(19-20)16-14-12-10-8-6-4-2;1-13(2,3)10-14(4,5)11-6-8-12(15)9-7-11;7-6-4-2-1-3-5-6;1-2/h15,18-19,23H,3-14,16-17H2,1-2H3;17-19,23H,3-16H2,1-2H3;6-9,15H,10H2,1-5H3;1-5,7H;1H2. The zero-order chi connectivity index (χ0) is 52.3. The van der Waals surface area contributed by atoms with E-state index in [2.05, 4.69) is 92.6 Å². The second-order valence-corrected chi connectivity index (χ2v) is 21.5. The molecule has 4 aromatic rings. The van der Waals surface area contributed by atoms with Gasteiger partial charge in [0.05, 0.1) is 0 Å². The summed E-state index contributed by atoms with van der Waals surface area (Å²) in [6.07, 6.45) is 37.1. The second-order valence-electron chi connectivity index (χ2n) is 21.5. The average Bonchev–Trinajstić information content (AvgIpc) is 3.33. The molecule has 4 aromatic carbocycles. The maximum atomic E-state index is 10.5. The Morgan fingerprint density at radius 3 is 1.14 bits per heavy atom. The lowest BCUT2D eigenvalue weighted by Crippen LogP contribution is -2.24. The molecule has 0 heterocycles. The first-order valence-corrected chi connectivity index (χ1v) is 28.1. The fourth-order valence-electron chi connectivity index (χ4n) is 9.21. The van der Waals surface area contributed by atoms with Gasteiger partial charge in [-0.3, -0.25) is 0 Å². The Hall–Kier alpha value is -4.25. The highest BCUT2D eigenvalue weighted by Crippen LogP contribution is 2.36. The minimum Gasteiger partial charge on any atom is -0.508 e. The van der Waals surface area contributed by atoms with E-state index < -0.39 is 0 Å². The number of unbranched alkanes of at least 4 members (excludes halogenated alkanes) is 20. The van der Waals surface area contributed by atoms with E-state index in [0.717, 1.165) is 48.8 Å². The van der Waals surface area contributed by atoms with Gasteiger partial charge in [-0.1, -0.05) is 251 Å². The molecular weight excluding hydrogens is 861 g/mol. The Morgan fingerprint density at radius 1 is 0.386 bits per heavy atom. The van der Waals surface area contributed by atoms with Crippen molar-refractivity contribution >= 4 is 6.79 Å². The number of aryl methyl sites for hydroxylation is 4. The van der Waals surface area contributed by atoms with Gasteiger partial charge in [-0.05, 0) is 127 Å². The van der Waals surface area contributed by atoms with Crippen LogP contribution in [0.2, 0.25) is 0 Å². The lowest BCUT2D eigenvalue weighted by Gasteiger charge is -2.33. The third-order valence-corrected chi connectivity index (χ3v) is 12.9. The van der Waals surface area contributed by atoms with Crippen LogP contribution in [-0.4, -0.2) is 27.2 Å². The highest BCUT2D eigenvalue weighted by Gasteiger charge is 2.27. The summed E-state index contributed by atoms with van der Waals surface area (Å²) in [6.45, 7) is 22.3. The van der Waals surface area contributed by atoms with Crippen LogP contribution in [0.15, 0.2) is 91.0 Å². The fourth-order valence-corrected chi connectivity index (χ4v) is 9.21. The highest BCUT2D eigenvalue weighted by molar-refractivity contribution is 5.40. The van der Waals surface area contributed by atoms with Gasteiger partial charge in [0.15, 0.2) is 0 Å². The fraction of sp³-hybridized carbons (Fsp3) is 0.615. The van der Waals surface area contributed by atoms with Crippen molar-refractivity contribution in [2.45, 2.75) is 254 Å². The molecule has 0 saturated carbocycles. The Kier molecular flexibility index (Phi) is 39.9. The summed E-state index contributed by atoms with van der Waals surface area (Å²) >= 11 is 0. The predicted octanol–water partition coefficient (Wildman–Crippen LogP) is 19.7. The zero-order valence-electron chi connectivity index (χ0n) is 46.6. The van der Waals surface area contributed by atoms with Gasteiger partial charge < -0.3 is 25.2 Å². The van der Waals surface area contributed by atoms with Crippen LogP contribution < -0.4 is 0 Å². The van der Waals surface area contributed by atoms with Crippen LogP contribution in [0.3, 0.4) is 0 Å². The van der Waals surface area contributed by atoms with Gasteiger partial charge in [0.25, 0.3) is 0 Å². The van der Waals surface area contributed by atoms with E-state index in [4.69, 9.17) is 9.90 Å². The summed E-state index contributed by atoms with van der Waals surface area (Å²) < 4.78 is 0. The number of rotatable bonds is 30. The molecule has 0 atom stereocenters. The van der Waals surface area contributed by atoms with Gasteiger partial charge in [0.2, 0.25) is 0 Å². The number of phenolic OH excluding ortho intramolecular Hbond substituents is 4. The summed E-state index contributed by atoms with van der Waals surface area (Å²) in [4.78, 5) is 8.00. The van der Waals surface area contributed by atoms with Crippen molar-refractivity contribution in [1.29, 1.82) is 0 Å². The molecule has 0 amide bonds. The molecule has 5 heteroatoms. The Labute approximate surface area is 431 Å². The number of phenols is 4. The minimum atomic E-state index is 0.159. The lowest BCUT2D eigenvalue weighted by molar-refractivity contribution is -0.0980. The van der Waals surface area contributed by atoms with E-state index in [-0.39, 0.29) is 5.41 Å². The van der Waals surface area contributed by atoms with E-state index in [1.807, 2.05) is 31.1 Å². The van der Waals surface area contributed by atoms with Crippen LogP contribution in [0.1, 0.15) is 251 Å². The lowest BCUT2D eigenvalue weighted by atomic mass is 9.72. The first kappa shape index (κ1) is 65.8. The third-order valence-electron chi connectivity index (χ3n) is 12.9. The van der Waals surface area contributed by atoms with Crippen LogP contribution in [0, 0.1) is 5.41 Å². The third kappa shape index (κ3) is 34.9. The maximum Gasteiger partial charge on any atom is 0.121 e. The second kappa shape index (κ2) is 42.4. The van der Waals surface area contributed by atoms with Crippen LogP contribution in [0.5, 0.6) is 23.0 Å². The van der Waals surface area contributed by atoms with Crippen LogP contribution in [-0.2, 0) is 35.9 Å². The van der Waals surface area contributed by atoms with E-state index in [1.165, 1.54) is 165 Å². The summed E-state index contributed by atoms with van der Waals surface area (Å²) in [7, 11) is 0. The number of hydrogen-bond acceptors (Lipinski definition) is 5. The number of aromatic hydroxyl groups is 4. The van der Waals surface area contributed by atoms with Crippen molar-refractivity contribution in [2.24, 2.45) is 5.41 Å². The van der Waals surface area contributed by atoms with Gasteiger partial charge in [-0.25, -0.2) is 0 Å². The Balaban J connectivity index is 0.000000950. The molecule has 0 aliphatic heterocycles. The molecule has 4 rings (SSSR count). The Morgan fingerprint density at radius 2 is 0.757 bits per heavy atom. The van der Waals surface area contributed by atoms with Crippen molar-refractivity contribution in [3.05, 3.63) is 119 Å². The summed E-state index contributed by atoms with van der Waals surface area (Å²) in [6, 6.07) is 28.8. The molecule has 0 saturated heterocycles. The number of hydrogen-bond donors (Lipinski definition) is 4.